The van der Waals surface area contributed by atoms with Crippen LogP contribution in [0.15, 0.2) is 12.2 Å². The first-order chi connectivity index (χ1) is 9.24. The maximum absolute atomic E-state index is 11.2. The Bertz CT molecular complexity index is 397. The molecular weight excluding hydrogens is 244 g/mol. The van der Waals surface area contributed by atoms with Gasteiger partial charge in [0.1, 0.15) is 5.78 Å². The van der Waals surface area contributed by atoms with E-state index in [0.717, 1.165) is 30.6 Å². The summed E-state index contributed by atoms with van der Waals surface area (Å²) in [5.41, 5.74) is 2.48. The van der Waals surface area contributed by atoms with E-state index in [1.54, 1.807) is 0 Å². The van der Waals surface area contributed by atoms with E-state index >= 15 is 0 Å². The molecule has 6 saturated carbocycles. The molecule has 0 heterocycles. The summed E-state index contributed by atoms with van der Waals surface area (Å²) < 4.78 is 0. The molecule has 1 heteroatoms. The summed E-state index contributed by atoms with van der Waals surface area (Å²) in [4.78, 5) is 11.2. The molecule has 4 atom stereocenters. The topological polar surface area (TPSA) is 17.1 Å². The number of hydrogen-bond acceptors (Lipinski definition) is 1. The van der Waals surface area contributed by atoms with Crippen LogP contribution in [0.2, 0.25) is 0 Å². The highest BCUT2D eigenvalue weighted by Gasteiger charge is 2.54. The second kappa shape index (κ2) is 4.45. The third-order valence-electron chi connectivity index (χ3n) is 7.38. The van der Waals surface area contributed by atoms with Crippen LogP contribution in [0.5, 0.6) is 0 Å². The highest BCUT2D eigenvalue weighted by atomic mass is 16.1. The van der Waals surface area contributed by atoms with Crippen molar-refractivity contribution in [2.24, 2.45) is 34.5 Å². The minimum atomic E-state index is 0.356. The van der Waals surface area contributed by atoms with Crippen LogP contribution in [0.25, 0.3) is 0 Å². The molecule has 6 fully saturated rings. The first kappa shape index (κ1) is 14.4. The van der Waals surface area contributed by atoms with Crippen LogP contribution in [-0.4, -0.2) is 5.78 Å². The highest BCUT2D eigenvalue weighted by molar-refractivity contribution is 5.84. The van der Waals surface area contributed by atoms with Crippen molar-refractivity contribution in [3.05, 3.63) is 12.2 Å². The van der Waals surface area contributed by atoms with E-state index in [9.17, 15) is 4.79 Å². The number of hydrogen-bond donors (Lipinski definition) is 0. The van der Waals surface area contributed by atoms with Gasteiger partial charge in [-0.3, -0.25) is 4.79 Å². The van der Waals surface area contributed by atoms with Gasteiger partial charge in [-0.15, -0.1) is 0 Å². The highest BCUT2D eigenvalue weighted by Crippen LogP contribution is 2.60. The number of allylic oxidation sites excluding steroid dienone is 1. The van der Waals surface area contributed by atoms with Gasteiger partial charge in [-0.2, -0.15) is 0 Å². The van der Waals surface area contributed by atoms with Gasteiger partial charge >= 0.3 is 0 Å². The van der Waals surface area contributed by atoms with E-state index in [1.165, 1.54) is 31.3 Å². The molecule has 4 bridgehead atoms. The predicted molar refractivity (Wildman–Crippen MR) is 83.4 cm³/mol. The zero-order valence-corrected chi connectivity index (χ0v) is 13.7. The summed E-state index contributed by atoms with van der Waals surface area (Å²) in [7, 11) is 0. The van der Waals surface area contributed by atoms with Crippen LogP contribution in [0.3, 0.4) is 0 Å². The van der Waals surface area contributed by atoms with Crippen molar-refractivity contribution in [2.45, 2.75) is 66.2 Å². The number of ketones is 1. The van der Waals surface area contributed by atoms with E-state index in [1.807, 2.05) is 0 Å². The Balaban J connectivity index is 0.000000121. The molecule has 0 amide bonds. The second-order valence-corrected chi connectivity index (χ2v) is 8.82. The van der Waals surface area contributed by atoms with Crippen molar-refractivity contribution >= 4 is 5.78 Å². The van der Waals surface area contributed by atoms with Crippen molar-refractivity contribution < 1.29 is 4.79 Å². The number of carbonyl (C=O) groups excluding carboxylic acids is 1. The molecule has 20 heavy (non-hydrogen) atoms. The Hall–Kier alpha value is -0.590. The van der Waals surface area contributed by atoms with Crippen molar-refractivity contribution in [2.75, 3.05) is 0 Å². The van der Waals surface area contributed by atoms with Crippen molar-refractivity contribution in [3.63, 3.8) is 0 Å². The van der Waals surface area contributed by atoms with Gasteiger partial charge in [0.25, 0.3) is 0 Å². The summed E-state index contributed by atoms with van der Waals surface area (Å²) in [5, 5.41) is 0. The minimum Gasteiger partial charge on any atom is -0.299 e. The van der Waals surface area contributed by atoms with Crippen molar-refractivity contribution in [3.8, 4) is 0 Å². The summed E-state index contributed by atoms with van der Waals surface area (Å²) in [6.45, 7) is 13.4. The van der Waals surface area contributed by atoms with Gasteiger partial charge in [0.2, 0.25) is 0 Å². The molecule has 0 aliphatic heterocycles. The number of Topliss-reactive ketones (excluding diaryl/α,β-unsaturated/α-hetero) is 1. The Morgan fingerprint density at radius 2 is 1.40 bits per heavy atom. The van der Waals surface area contributed by atoms with Gasteiger partial charge in [-0.05, 0) is 60.7 Å². The molecule has 0 aromatic heterocycles. The first-order valence-corrected chi connectivity index (χ1v) is 8.45. The Kier molecular flexibility index (Phi) is 3.19. The molecule has 112 valence electrons. The van der Waals surface area contributed by atoms with Crippen LogP contribution in [-0.2, 0) is 4.79 Å². The molecule has 0 N–H and O–H groups in total. The molecular formula is C19H30O. The van der Waals surface area contributed by atoms with Crippen LogP contribution in [0.4, 0.5) is 0 Å². The molecule has 6 aliphatic carbocycles. The molecule has 0 unspecified atom stereocenters. The maximum atomic E-state index is 11.2. The maximum Gasteiger partial charge on any atom is 0.136 e. The molecule has 0 radical (unpaired) electrons. The lowest BCUT2D eigenvalue weighted by molar-refractivity contribution is -0.148. The molecule has 0 aromatic carbocycles. The minimum absolute atomic E-state index is 0.356. The zero-order valence-electron chi connectivity index (χ0n) is 13.7. The van der Waals surface area contributed by atoms with E-state index in [4.69, 9.17) is 0 Å². The monoisotopic (exact) mass is 274 g/mol. The zero-order chi connectivity index (χ0) is 14.7. The lowest BCUT2D eigenvalue weighted by Gasteiger charge is -2.57. The predicted octanol–water partition coefficient (Wildman–Crippen LogP) is 5.01. The number of rotatable bonds is 0. The molecule has 6 aliphatic rings. The van der Waals surface area contributed by atoms with Gasteiger partial charge < -0.3 is 0 Å². The average Bonchev–Trinajstić information content (AvgIpc) is 2.38. The lowest BCUT2D eigenvalue weighted by atomic mass is 9.47. The quantitative estimate of drug-likeness (QED) is 0.567. The molecule has 0 saturated heterocycles. The van der Waals surface area contributed by atoms with Crippen LogP contribution < -0.4 is 0 Å². The van der Waals surface area contributed by atoms with Gasteiger partial charge in [-0.1, -0.05) is 39.8 Å². The van der Waals surface area contributed by atoms with Gasteiger partial charge in [0.05, 0.1) is 0 Å². The van der Waals surface area contributed by atoms with Crippen molar-refractivity contribution in [1.82, 2.24) is 0 Å². The van der Waals surface area contributed by atoms with Crippen LogP contribution >= 0.6 is 0 Å². The van der Waals surface area contributed by atoms with Crippen LogP contribution in [0.1, 0.15) is 66.2 Å². The smallest absolute Gasteiger partial charge is 0.136 e. The molecule has 1 nitrogen and oxygen atoms in total. The fraction of sp³-hybridized carbons (Fsp3) is 0.842. The number of carbonyl (C=O) groups is 1. The van der Waals surface area contributed by atoms with E-state index in [0.29, 0.717) is 22.5 Å². The Morgan fingerprint density at radius 3 is 1.65 bits per heavy atom. The summed E-state index contributed by atoms with van der Waals surface area (Å²) in [5.74, 6) is 3.68. The second-order valence-electron chi connectivity index (χ2n) is 8.82. The fourth-order valence-electron chi connectivity index (χ4n) is 5.28. The molecule has 6 rings (SSSR count). The standard InChI is InChI=1S/C10H16.C9H14O/c1-7-4-5-8-6-9(7)10(8,2)3;1-9(2)6-3-4-8(10)7(9)5-6/h8-9H,1,4-6H2,2-3H3;6-7H,3-5H2,1-2H3/t8-,9-;6-,7-/m00/s1. The normalized spacial score (nSPS) is 42.8. The SMILES string of the molecule is C=C1CC[C@H]2C[C@@H]1C2(C)C.CC1(C)[C@H]2CCC(=O)[C@@H]1C2. The number of fused-ring (bicyclic) bond motifs is 4. The Morgan fingerprint density at radius 1 is 0.900 bits per heavy atom. The summed E-state index contributed by atoms with van der Waals surface area (Å²) in [6.07, 6.45) is 7.35. The van der Waals surface area contributed by atoms with Crippen molar-refractivity contribution in [1.29, 1.82) is 0 Å². The summed E-state index contributed by atoms with van der Waals surface area (Å²) in [6, 6.07) is 0. The van der Waals surface area contributed by atoms with Gasteiger partial charge in [0, 0.05) is 12.3 Å². The van der Waals surface area contributed by atoms with E-state index in [-0.39, 0.29) is 0 Å². The summed E-state index contributed by atoms with van der Waals surface area (Å²) >= 11 is 0. The lowest BCUT2D eigenvalue weighted by Crippen LogP contribution is -2.52. The first-order valence-electron chi connectivity index (χ1n) is 8.45. The van der Waals surface area contributed by atoms with E-state index in [2.05, 4.69) is 34.3 Å². The molecule has 0 aromatic rings. The van der Waals surface area contributed by atoms with E-state index < -0.39 is 0 Å². The van der Waals surface area contributed by atoms with Gasteiger partial charge in [0.15, 0.2) is 0 Å². The third kappa shape index (κ3) is 1.92. The average molecular weight is 274 g/mol. The molecule has 0 spiro atoms. The third-order valence-corrected chi connectivity index (χ3v) is 7.38. The van der Waals surface area contributed by atoms with Gasteiger partial charge in [-0.25, -0.2) is 0 Å². The fourth-order valence-corrected chi connectivity index (χ4v) is 5.28. The Labute approximate surface area is 124 Å². The van der Waals surface area contributed by atoms with Crippen LogP contribution in [0, 0.1) is 34.5 Å². The largest absolute Gasteiger partial charge is 0.299 e.